The van der Waals surface area contributed by atoms with Crippen LogP contribution in [-0.4, -0.2) is 11.0 Å². The third-order valence-corrected chi connectivity index (χ3v) is 4.57. The molecule has 98 valence electrons. The Hall–Kier alpha value is -0.710. The van der Waals surface area contributed by atoms with E-state index in [4.69, 9.17) is 4.98 Å². The lowest BCUT2D eigenvalue weighted by Gasteiger charge is -2.18. The molecule has 0 saturated carbocycles. The summed E-state index contributed by atoms with van der Waals surface area (Å²) in [4.78, 5) is 6.12. The summed E-state index contributed by atoms with van der Waals surface area (Å²) in [5.74, 6) is 0.498. The van der Waals surface area contributed by atoms with Crippen LogP contribution in [0.4, 0.5) is 0 Å². The van der Waals surface area contributed by atoms with E-state index in [0.29, 0.717) is 12.0 Å². The van der Waals surface area contributed by atoms with Crippen LogP contribution in [0.5, 0.6) is 0 Å². The van der Waals surface area contributed by atoms with Gasteiger partial charge in [0.2, 0.25) is 0 Å². The molecule has 0 aliphatic carbocycles. The van der Waals surface area contributed by atoms with Gasteiger partial charge in [0.05, 0.1) is 11.7 Å². The fraction of sp³-hybridized carbons (Fsp3) is 0.500. The first-order valence-electron chi connectivity index (χ1n) is 6.32. The van der Waals surface area contributed by atoms with Crippen LogP contribution >= 0.6 is 22.7 Å². The minimum atomic E-state index is 0.238. The molecule has 0 aromatic carbocycles. The monoisotopic (exact) mass is 280 g/mol. The molecule has 0 saturated heterocycles. The smallest absolute Gasteiger partial charge is 0.115 e. The van der Waals surface area contributed by atoms with Crippen molar-refractivity contribution in [2.75, 3.05) is 0 Å². The number of aromatic nitrogens is 1. The Bertz CT molecular complexity index is 472. The molecule has 2 aromatic rings. The molecular weight excluding hydrogens is 260 g/mol. The van der Waals surface area contributed by atoms with Crippen LogP contribution in [0.25, 0.3) is 0 Å². The van der Waals surface area contributed by atoms with E-state index in [1.807, 2.05) is 0 Å². The third-order valence-electron chi connectivity index (χ3n) is 2.71. The second kappa shape index (κ2) is 5.95. The lowest BCUT2D eigenvalue weighted by Crippen LogP contribution is -2.28. The van der Waals surface area contributed by atoms with Gasteiger partial charge < -0.3 is 5.32 Å². The molecule has 0 aliphatic rings. The highest BCUT2D eigenvalue weighted by Crippen LogP contribution is 2.30. The molecule has 2 heterocycles. The van der Waals surface area contributed by atoms with Gasteiger partial charge in [-0.1, -0.05) is 19.9 Å². The Balaban J connectivity index is 2.28. The van der Waals surface area contributed by atoms with Gasteiger partial charge in [-0.05, 0) is 31.2 Å². The minimum Gasteiger partial charge on any atom is -0.301 e. The van der Waals surface area contributed by atoms with E-state index in [1.165, 1.54) is 15.6 Å². The zero-order valence-electron chi connectivity index (χ0n) is 11.3. The number of thiophene rings is 1. The molecule has 1 unspecified atom stereocenters. The van der Waals surface area contributed by atoms with Crippen molar-refractivity contribution in [3.63, 3.8) is 0 Å². The van der Waals surface area contributed by atoms with Crippen LogP contribution in [-0.2, 0) is 0 Å². The van der Waals surface area contributed by atoms with Gasteiger partial charge in [0.1, 0.15) is 5.01 Å². The van der Waals surface area contributed by atoms with Crippen LogP contribution in [0.1, 0.15) is 55.2 Å². The first-order chi connectivity index (χ1) is 8.58. The Morgan fingerprint density at radius 3 is 2.44 bits per heavy atom. The average molecular weight is 280 g/mol. The van der Waals surface area contributed by atoms with Crippen molar-refractivity contribution in [3.05, 3.63) is 38.5 Å². The number of hydrogen-bond donors (Lipinski definition) is 1. The van der Waals surface area contributed by atoms with Crippen LogP contribution < -0.4 is 5.32 Å². The first kappa shape index (κ1) is 13.7. The van der Waals surface area contributed by atoms with Crippen molar-refractivity contribution >= 4 is 22.7 Å². The van der Waals surface area contributed by atoms with Crippen LogP contribution in [0, 0.1) is 0 Å². The van der Waals surface area contributed by atoms with E-state index in [-0.39, 0.29) is 6.04 Å². The molecule has 0 radical (unpaired) electrons. The van der Waals surface area contributed by atoms with E-state index in [0.717, 1.165) is 0 Å². The predicted octanol–water partition coefficient (Wildman–Crippen LogP) is 4.42. The van der Waals surface area contributed by atoms with E-state index in [9.17, 15) is 0 Å². The fourth-order valence-corrected chi connectivity index (χ4v) is 3.68. The molecule has 4 heteroatoms. The van der Waals surface area contributed by atoms with Crippen molar-refractivity contribution in [1.29, 1.82) is 0 Å². The predicted molar refractivity (Wildman–Crippen MR) is 80.6 cm³/mol. The van der Waals surface area contributed by atoms with Gasteiger partial charge in [-0.15, -0.1) is 22.7 Å². The summed E-state index contributed by atoms with van der Waals surface area (Å²) in [6.07, 6.45) is 0. The van der Waals surface area contributed by atoms with Crippen molar-refractivity contribution in [2.45, 2.75) is 45.7 Å². The molecule has 1 atom stereocenters. The second-order valence-corrected chi connectivity index (χ2v) is 6.90. The van der Waals surface area contributed by atoms with Crippen LogP contribution in [0.3, 0.4) is 0 Å². The zero-order valence-corrected chi connectivity index (χ0v) is 12.9. The molecule has 0 bridgehead atoms. The normalized spacial score (nSPS) is 13.4. The SMILES string of the molecule is CC(C)NC(c1cccs1)c1nc(C(C)C)cs1. The Kier molecular flexibility index (Phi) is 4.54. The maximum absolute atomic E-state index is 4.78. The van der Waals surface area contributed by atoms with Crippen molar-refractivity contribution in [1.82, 2.24) is 10.3 Å². The van der Waals surface area contributed by atoms with Gasteiger partial charge in [0.25, 0.3) is 0 Å². The van der Waals surface area contributed by atoms with Crippen molar-refractivity contribution < 1.29 is 0 Å². The van der Waals surface area contributed by atoms with E-state index in [2.05, 4.69) is 55.9 Å². The molecule has 0 aliphatic heterocycles. The Morgan fingerprint density at radius 1 is 1.17 bits per heavy atom. The largest absolute Gasteiger partial charge is 0.301 e. The van der Waals surface area contributed by atoms with Gasteiger partial charge in [-0.25, -0.2) is 4.98 Å². The summed E-state index contributed by atoms with van der Waals surface area (Å²) >= 11 is 3.55. The van der Waals surface area contributed by atoms with Crippen LogP contribution in [0.15, 0.2) is 22.9 Å². The lowest BCUT2D eigenvalue weighted by atomic mass is 10.1. The lowest BCUT2D eigenvalue weighted by molar-refractivity contribution is 0.531. The molecule has 2 aromatic heterocycles. The second-order valence-electron chi connectivity index (χ2n) is 5.04. The molecule has 1 N–H and O–H groups in total. The molecule has 18 heavy (non-hydrogen) atoms. The molecule has 2 rings (SSSR count). The number of nitrogens with zero attached hydrogens (tertiary/aromatic N) is 1. The van der Waals surface area contributed by atoms with Crippen LogP contribution in [0.2, 0.25) is 0 Å². The number of rotatable bonds is 5. The Labute approximate surface area is 117 Å². The average Bonchev–Trinajstić information content (AvgIpc) is 2.97. The van der Waals surface area contributed by atoms with Gasteiger partial charge in [-0.3, -0.25) is 0 Å². The standard InChI is InChI=1S/C14H20N2S2/c1-9(2)11-8-18-14(16-11)13(15-10(3)4)12-6-5-7-17-12/h5-10,13,15H,1-4H3. The van der Waals surface area contributed by atoms with Gasteiger partial charge >= 0.3 is 0 Å². The summed E-state index contributed by atoms with van der Waals surface area (Å²) < 4.78 is 0. The summed E-state index contributed by atoms with van der Waals surface area (Å²) in [5, 5.41) is 9.09. The molecule has 0 fully saturated rings. The Morgan fingerprint density at radius 2 is 1.94 bits per heavy atom. The van der Waals surface area contributed by atoms with Crippen molar-refractivity contribution in [3.8, 4) is 0 Å². The fourth-order valence-electron chi connectivity index (χ4n) is 1.76. The topological polar surface area (TPSA) is 24.9 Å². The zero-order chi connectivity index (χ0) is 13.1. The molecule has 0 spiro atoms. The number of hydrogen-bond acceptors (Lipinski definition) is 4. The summed E-state index contributed by atoms with van der Waals surface area (Å²) in [6.45, 7) is 8.73. The summed E-state index contributed by atoms with van der Waals surface area (Å²) in [7, 11) is 0. The summed E-state index contributed by atoms with van der Waals surface area (Å²) in [5.41, 5.74) is 1.20. The van der Waals surface area contributed by atoms with Gasteiger partial charge in [0.15, 0.2) is 0 Å². The number of nitrogens with one attached hydrogen (secondary N) is 1. The molecule has 2 nitrogen and oxygen atoms in total. The first-order valence-corrected chi connectivity index (χ1v) is 8.08. The van der Waals surface area contributed by atoms with Gasteiger partial charge in [-0.2, -0.15) is 0 Å². The van der Waals surface area contributed by atoms with Crippen molar-refractivity contribution in [2.24, 2.45) is 0 Å². The molecule has 0 amide bonds. The highest BCUT2D eigenvalue weighted by atomic mass is 32.1. The van der Waals surface area contributed by atoms with E-state index >= 15 is 0 Å². The highest BCUT2D eigenvalue weighted by molar-refractivity contribution is 7.11. The number of thiazole rings is 1. The maximum atomic E-state index is 4.78. The van der Waals surface area contributed by atoms with E-state index in [1.54, 1.807) is 22.7 Å². The summed E-state index contributed by atoms with van der Waals surface area (Å²) in [6, 6.07) is 4.97. The van der Waals surface area contributed by atoms with Gasteiger partial charge in [0, 0.05) is 16.3 Å². The quantitative estimate of drug-likeness (QED) is 0.877. The highest BCUT2D eigenvalue weighted by Gasteiger charge is 2.20. The third kappa shape index (κ3) is 3.19. The molecular formula is C14H20N2S2. The maximum Gasteiger partial charge on any atom is 0.115 e. The van der Waals surface area contributed by atoms with E-state index < -0.39 is 0 Å². The minimum absolute atomic E-state index is 0.238.